The van der Waals surface area contributed by atoms with Gasteiger partial charge in [0.2, 0.25) is 0 Å². The van der Waals surface area contributed by atoms with E-state index in [0.717, 1.165) is 53.8 Å². The Kier molecular flexibility index (Phi) is 2.67. The summed E-state index contributed by atoms with van der Waals surface area (Å²) in [5.41, 5.74) is 2.25. The Hall–Kier alpha value is -1.52. The summed E-state index contributed by atoms with van der Waals surface area (Å²) in [6.45, 7) is 6.57. The van der Waals surface area contributed by atoms with Crippen molar-refractivity contribution >= 4 is 0 Å². The van der Waals surface area contributed by atoms with E-state index in [0.29, 0.717) is 5.75 Å². The molecule has 1 saturated heterocycles. The highest BCUT2D eigenvalue weighted by Gasteiger charge is 2.75. The summed E-state index contributed by atoms with van der Waals surface area (Å²) in [7, 11) is 2.37. The minimum atomic E-state index is -0.771. The molecule has 4 heteroatoms. The normalized spacial score (nSPS) is 45.2. The molecule has 0 amide bonds. The monoisotopic (exact) mass is 354 g/mol. The van der Waals surface area contributed by atoms with Crippen LogP contribution in [-0.4, -0.2) is 52.6 Å². The van der Waals surface area contributed by atoms with Crippen LogP contribution in [0, 0.1) is 5.92 Å². The fourth-order valence-electron chi connectivity index (χ4n) is 7.07. The summed E-state index contributed by atoms with van der Waals surface area (Å²) in [6, 6.07) is 4.05. The minimum absolute atomic E-state index is 0.194. The third-order valence-electron chi connectivity index (χ3n) is 8.43. The van der Waals surface area contributed by atoms with Crippen molar-refractivity contribution in [3.05, 3.63) is 35.4 Å². The third kappa shape index (κ3) is 1.56. The zero-order valence-electron chi connectivity index (χ0n) is 15.5. The van der Waals surface area contributed by atoms with Gasteiger partial charge in [-0.1, -0.05) is 12.6 Å². The number of likely N-dealkylation sites (N-methyl/N-ethyl adjacent to an activating group) is 1. The van der Waals surface area contributed by atoms with Crippen molar-refractivity contribution in [2.45, 2.75) is 61.7 Å². The maximum atomic E-state index is 12.3. The number of phenols is 1. The van der Waals surface area contributed by atoms with Crippen LogP contribution in [0.1, 0.15) is 43.2 Å². The smallest absolute Gasteiger partial charge is 0.166 e. The van der Waals surface area contributed by atoms with Crippen LogP contribution in [0.3, 0.4) is 0 Å². The Labute approximate surface area is 154 Å². The second kappa shape index (κ2) is 4.48. The number of quaternary nitrogens is 1. The van der Waals surface area contributed by atoms with Crippen LogP contribution in [0.5, 0.6) is 11.5 Å². The van der Waals surface area contributed by atoms with Gasteiger partial charge in [-0.05, 0) is 42.9 Å². The van der Waals surface area contributed by atoms with Crippen molar-refractivity contribution in [2.24, 2.45) is 5.92 Å². The highest BCUT2D eigenvalue weighted by molar-refractivity contribution is 5.63. The number of phenolic OH excluding ortho intramolecular Hbond substituents is 1. The van der Waals surface area contributed by atoms with E-state index < -0.39 is 11.0 Å². The summed E-state index contributed by atoms with van der Waals surface area (Å²) < 4.78 is 7.32. The molecule has 26 heavy (non-hydrogen) atoms. The summed E-state index contributed by atoms with van der Waals surface area (Å²) in [5.74, 6) is 1.66. The van der Waals surface area contributed by atoms with Crippen LogP contribution >= 0.6 is 0 Å². The van der Waals surface area contributed by atoms with E-state index in [4.69, 9.17) is 4.74 Å². The maximum Gasteiger partial charge on any atom is 0.166 e. The molecule has 6 rings (SSSR count). The minimum Gasteiger partial charge on any atom is -0.504 e. The molecule has 1 aromatic rings. The Morgan fingerprint density at radius 3 is 2.88 bits per heavy atom. The molecule has 2 saturated carbocycles. The van der Waals surface area contributed by atoms with E-state index in [9.17, 15) is 10.2 Å². The molecular weight excluding hydrogens is 326 g/mol. The van der Waals surface area contributed by atoms with Gasteiger partial charge >= 0.3 is 0 Å². The zero-order chi connectivity index (χ0) is 17.9. The predicted molar refractivity (Wildman–Crippen MR) is 98.3 cm³/mol. The number of nitrogens with zero attached hydrogens (tertiary/aromatic N) is 1. The van der Waals surface area contributed by atoms with Gasteiger partial charge in [0.1, 0.15) is 17.7 Å². The molecule has 5 aliphatic rings. The third-order valence-corrected chi connectivity index (χ3v) is 8.43. The molecule has 2 N–H and O–H groups in total. The quantitative estimate of drug-likeness (QED) is 0.634. The van der Waals surface area contributed by atoms with Gasteiger partial charge in [-0.3, -0.25) is 0 Å². The Bertz CT molecular complexity index is 846. The van der Waals surface area contributed by atoms with E-state index in [1.54, 1.807) is 6.07 Å². The molecule has 0 unspecified atom stereocenters. The first-order valence-electron chi connectivity index (χ1n) is 10.2. The number of aliphatic hydroxyl groups is 1. The average Bonchev–Trinajstić information content (AvgIpc) is 3.32. The lowest BCUT2D eigenvalue weighted by Gasteiger charge is -2.65. The van der Waals surface area contributed by atoms with E-state index in [1.165, 1.54) is 24.9 Å². The topological polar surface area (TPSA) is 49.7 Å². The summed E-state index contributed by atoms with van der Waals surface area (Å²) in [6.07, 6.45) is 5.88. The van der Waals surface area contributed by atoms with Gasteiger partial charge in [-0.25, -0.2) is 0 Å². The molecule has 0 radical (unpaired) electrons. The first-order chi connectivity index (χ1) is 12.4. The van der Waals surface area contributed by atoms with Crippen LogP contribution in [0.25, 0.3) is 0 Å². The first-order valence-corrected chi connectivity index (χ1v) is 10.2. The lowest BCUT2D eigenvalue weighted by atomic mass is 9.48. The Balaban J connectivity index is 1.60. The Morgan fingerprint density at radius 1 is 1.31 bits per heavy atom. The summed E-state index contributed by atoms with van der Waals surface area (Å²) in [5, 5.41) is 22.7. The van der Waals surface area contributed by atoms with Gasteiger partial charge in [0.15, 0.2) is 11.5 Å². The molecule has 4 nitrogen and oxygen atoms in total. The fourth-order valence-corrected chi connectivity index (χ4v) is 7.07. The van der Waals surface area contributed by atoms with Gasteiger partial charge in [-0.2, -0.15) is 0 Å². The lowest BCUT2D eigenvalue weighted by Crippen LogP contribution is -2.80. The second-order valence-corrected chi connectivity index (χ2v) is 9.80. The van der Waals surface area contributed by atoms with E-state index in [1.807, 2.05) is 0 Å². The number of aromatic hydroxyl groups is 1. The summed E-state index contributed by atoms with van der Waals surface area (Å²) >= 11 is 0. The molecule has 5 atom stereocenters. The largest absolute Gasteiger partial charge is 0.504 e. The Morgan fingerprint density at radius 2 is 2.12 bits per heavy atom. The standard InChI is InChI=1S/C22H27NO3/c1-13-7-8-22(25)17-11-15-5-6-16(24)19-18(15)21(22,20(13)26-19)9-10-23(17,2)12-14-3-4-14/h5-6,14,17,20,25H,1,3-4,7-12H2,2H3/p+1/t17-,20+,21+,22-,23+/m1/s1. The maximum absolute atomic E-state index is 12.3. The van der Waals surface area contributed by atoms with E-state index >= 15 is 0 Å². The number of hydrogen-bond donors (Lipinski definition) is 2. The molecule has 2 aliphatic heterocycles. The number of likely N-dealkylation sites (tertiary alicyclic amines) is 1. The van der Waals surface area contributed by atoms with E-state index in [2.05, 4.69) is 19.7 Å². The number of piperidine rings is 1. The molecule has 3 fully saturated rings. The number of ether oxygens (including phenoxy) is 1. The SMILES string of the molecule is C=C1CC[C@@]2(O)[C@H]3Cc4ccc(O)c5c4[C@@]2(CC[N@@+]3(C)CC2CC2)[C@H]1O5. The van der Waals surface area contributed by atoms with E-state index in [-0.39, 0.29) is 17.9 Å². The van der Waals surface area contributed by atoms with Crippen LogP contribution in [0.2, 0.25) is 0 Å². The molecular formula is C22H28NO3+. The van der Waals surface area contributed by atoms with Crippen molar-refractivity contribution in [3.63, 3.8) is 0 Å². The fraction of sp³-hybridized carbons (Fsp3) is 0.636. The van der Waals surface area contributed by atoms with Crippen LogP contribution in [0.4, 0.5) is 0 Å². The highest BCUT2D eigenvalue weighted by Crippen LogP contribution is 2.67. The average molecular weight is 354 g/mol. The molecule has 1 aromatic carbocycles. The number of hydrogen-bond acceptors (Lipinski definition) is 3. The molecule has 138 valence electrons. The van der Waals surface area contributed by atoms with Gasteiger partial charge in [0.25, 0.3) is 0 Å². The van der Waals surface area contributed by atoms with Crippen molar-refractivity contribution in [1.82, 2.24) is 0 Å². The highest BCUT2D eigenvalue weighted by atomic mass is 16.5. The lowest BCUT2D eigenvalue weighted by molar-refractivity contribution is -0.950. The molecule has 2 bridgehead atoms. The van der Waals surface area contributed by atoms with Crippen molar-refractivity contribution in [1.29, 1.82) is 0 Å². The summed E-state index contributed by atoms with van der Waals surface area (Å²) in [4.78, 5) is 0. The zero-order valence-corrected chi connectivity index (χ0v) is 15.5. The van der Waals surface area contributed by atoms with Crippen LogP contribution < -0.4 is 4.74 Å². The number of rotatable bonds is 2. The van der Waals surface area contributed by atoms with Crippen molar-refractivity contribution in [3.8, 4) is 11.5 Å². The second-order valence-electron chi connectivity index (χ2n) is 9.80. The molecule has 3 aliphatic carbocycles. The van der Waals surface area contributed by atoms with Gasteiger partial charge in [-0.15, -0.1) is 0 Å². The van der Waals surface area contributed by atoms with Crippen molar-refractivity contribution < 1.29 is 19.4 Å². The molecule has 0 aromatic heterocycles. The van der Waals surface area contributed by atoms with Crippen molar-refractivity contribution in [2.75, 3.05) is 20.1 Å². The van der Waals surface area contributed by atoms with Gasteiger partial charge < -0.3 is 19.4 Å². The van der Waals surface area contributed by atoms with Crippen LogP contribution in [0.15, 0.2) is 24.3 Å². The van der Waals surface area contributed by atoms with Gasteiger partial charge in [0, 0.05) is 24.3 Å². The number of benzene rings is 1. The van der Waals surface area contributed by atoms with Crippen LogP contribution in [-0.2, 0) is 11.8 Å². The molecule has 2 heterocycles. The van der Waals surface area contributed by atoms with Gasteiger partial charge in [0.05, 0.1) is 25.6 Å². The first kappa shape index (κ1) is 15.5. The predicted octanol–water partition coefficient (Wildman–Crippen LogP) is 2.66. The molecule has 1 spiro atoms.